The molecule has 0 spiro atoms. The minimum atomic E-state index is -0.214. The van der Waals surface area contributed by atoms with E-state index < -0.39 is 0 Å². The Hall–Kier alpha value is -4.04. The maximum absolute atomic E-state index is 12.9. The third kappa shape index (κ3) is 3.54. The maximum Gasteiger partial charge on any atom is 0.255 e. The molecule has 1 aliphatic rings. The molecule has 6 rings (SSSR count). The van der Waals surface area contributed by atoms with Gasteiger partial charge in [-0.1, -0.05) is 5.16 Å². The molecule has 33 heavy (non-hydrogen) atoms. The third-order valence-electron chi connectivity index (χ3n) is 6.28. The van der Waals surface area contributed by atoms with Crippen molar-refractivity contribution in [2.75, 3.05) is 18.9 Å². The van der Waals surface area contributed by atoms with Crippen LogP contribution in [-0.4, -0.2) is 44.5 Å². The highest BCUT2D eigenvalue weighted by molar-refractivity contribution is 6.07. The Morgan fingerprint density at radius 3 is 2.85 bits per heavy atom. The third-order valence-corrected chi connectivity index (χ3v) is 6.28. The molecule has 0 unspecified atom stereocenters. The summed E-state index contributed by atoms with van der Waals surface area (Å²) in [5.41, 5.74) is 5.22. The minimum Gasteiger partial charge on any atom is -0.356 e. The number of fused-ring (bicyclic) bond motifs is 2. The number of amides is 1. The molecule has 2 N–H and O–H groups in total. The van der Waals surface area contributed by atoms with E-state index in [1.165, 1.54) is 6.42 Å². The summed E-state index contributed by atoms with van der Waals surface area (Å²) in [7, 11) is 2.13. The second-order valence-corrected chi connectivity index (χ2v) is 8.42. The fourth-order valence-corrected chi connectivity index (χ4v) is 4.52. The Kier molecular flexibility index (Phi) is 4.66. The van der Waals surface area contributed by atoms with Crippen molar-refractivity contribution in [3.05, 3.63) is 72.3 Å². The lowest BCUT2D eigenvalue weighted by Crippen LogP contribution is -2.18. The first-order chi connectivity index (χ1) is 16.2. The summed E-state index contributed by atoms with van der Waals surface area (Å²) in [6, 6.07) is 15.2. The minimum absolute atomic E-state index is 0.214. The van der Waals surface area contributed by atoms with Gasteiger partial charge in [-0.15, -0.1) is 0 Å². The van der Waals surface area contributed by atoms with Gasteiger partial charge in [-0.3, -0.25) is 14.7 Å². The predicted octanol–water partition coefficient (Wildman–Crippen LogP) is 4.79. The lowest BCUT2D eigenvalue weighted by Gasteiger charge is -2.16. The number of hydrogen-bond acceptors (Lipinski definition) is 6. The number of carbonyl (C=O) groups excluding carboxylic acids is 1. The van der Waals surface area contributed by atoms with Crippen molar-refractivity contribution < 1.29 is 9.32 Å². The number of rotatable bonds is 4. The Labute approximate surface area is 189 Å². The van der Waals surface area contributed by atoms with Crippen molar-refractivity contribution in [3.8, 4) is 11.3 Å². The van der Waals surface area contributed by atoms with Crippen LogP contribution in [0.3, 0.4) is 0 Å². The molecule has 1 aliphatic heterocycles. The number of imidazole rings is 1. The molecule has 5 aromatic rings. The SMILES string of the molecule is CN1CCC[C@@H]1c1nc2ccc(NC(=O)c3ccc4c(-c5ccncc5)noc4c3)cc2[nH]1. The number of likely N-dealkylation sites (tertiary alicyclic amines) is 1. The van der Waals surface area contributed by atoms with Gasteiger partial charge in [-0.2, -0.15) is 0 Å². The zero-order valence-corrected chi connectivity index (χ0v) is 18.1. The highest BCUT2D eigenvalue weighted by Crippen LogP contribution is 2.31. The van der Waals surface area contributed by atoms with E-state index in [2.05, 4.69) is 32.4 Å². The Balaban J connectivity index is 1.24. The summed E-state index contributed by atoms with van der Waals surface area (Å²) >= 11 is 0. The van der Waals surface area contributed by atoms with Crippen LogP contribution >= 0.6 is 0 Å². The number of hydrogen-bond donors (Lipinski definition) is 2. The lowest BCUT2D eigenvalue weighted by atomic mass is 10.1. The summed E-state index contributed by atoms with van der Waals surface area (Å²) in [5.74, 6) is 0.766. The normalized spacial score (nSPS) is 16.6. The quantitative estimate of drug-likeness (QED) is 0.419. The van der Waals surface area contributed by atoms with Gasteiger partial charge >= 0.3 is 0 Å². The fourth-order valence-electron chi connectivity index (χ4n) is 4.52. The van der Waals surface area contributed by atoms with Crippen LogP contribution in [0.4, 0.5) is 5.69 Å². The van der Waals surface area contributed by atoms with E-state index in [-0.39, 0.29) is 5.91 Å². The van der Waals surface area contributed by atoms with Crippen LogP contribution in [0.1, 0.15) is 35.1 Å². The second kappa shape index (κ2) is 7.83. The number of carbonyl (C=O) groups is 1. The second-order valence-electron chi connectivity index (χ2n) is 8.42. The molecule has 164 valence electrons. The van der Waals surface area contributed by atoms with Gasteiger partial charge in [0, 0.05) is 34.6 Å². The van der Waals surface area contributed by atoms with Crippen LogP contribution in [-0.2, 0) is 0 Å². The molecule has 0 bridgehead atoms. The summed E-state index contributed by atoms with van der Waals surface area (Å²) < 4.78 is 5.49. The van der Waals surface area contributed by atoms with E-state index in [4.69, 9.17) is 9.51 Å². The molecule has 1 saturated heterocycles. The van der Waals surface area contributed by atoms with E-state index in [9.17, 15) is 4.79 Å². The molecule has 8 heteroatoms. The van der Waals surface area contributed by atoms with Gasteiger partial charge in [-0.25, -0.2) is 4.98 Å². The van der Waals surface area contributed by atoms with Gasteiger partial charge < -0.3 is 14.8 Å². The summed E-state index contributed by atoms with van der Waals surface area (Å²) in [4.78, 5) is 27.5. The first kappa shape index (κ1) is 19.6. The molecule has 4 heterocycles. The fraction of sp³-hybridized carbons (Fsp3) is 0.200. The molecule has 2 aromatic carbocycles. The standard InChI is InChI=1S/C25H22N6O2/c1-31-12-2-3-21(31)24-28-19-7-5-17(14-20(19)29-24)27-25(32)16-4-6-18-22(13-16)33-30-23(18)15-8-10-26-11-9-15/h4-11,13-14,21H,2-3,12H2,1H3,(H,27,32)(H,28,29)/t21-/m1/s1. The van der Waals surface area contributed by atoms with Gasteiger partial charge in [0.2, 0.25) is 0 Å². The van der Waals surface area contributed by atoms with E-state index in [1.807, 2.05) is 36.4 Å². The highest BCUT2D eigenvalue weighted by Gasteiger charge is 2.25. The molecule has 0 radical (unpaired) electrons. The van der Waals surface area contributed by atoms with Gasteiger partial charge in [0.15, 0.2) is 5.58 Å². The zero-order chi connectivity index (χ0) is 22.4. The summed E-state index contributed by atoms with van der Waals surface area (Å²) in [6.45, 7) is 1.09. The van der Waals surface area contributed by atoms with Crippen LogP contribution < -0.4 is 5.32 Å². The van der Waals surface area contributed by atoms with Gasteiger partial charge in [-0.05, 0) is 75.0 Å². The van der Waals surface area contributed by atoms with Crippen molar-refractivity contribution in [1.29, 1.82) is 0 Å². The van der Waals surface area contributed by atoms with Gasteiger partial charge in [0.05, 0.1) is 17.1 Å². The molecule has 0 saturated carbocycles. The largest absolute Gasteiger partial charge is 0.356 e. The number of aromatic nitrogens is 4. The van der Waals surface area contributed by atoms with E-state index in [0.717, 1.165) is 46.5 Å². The molecular formula is C25H22N6O2. The number of nitrogens with one attached hydrogen (secondary N) is 2. The van der Waals surface area contributed by atoms with Crippen molar-refractivity contribution in [2.24, 2.45) is 0 Å². The summed E-state index contributed by atoms with van der Waals surface area (Å²) in [6.07, 6.45) is 5.71. The van der Waals surface area contributed by atoms with Crippen molar-refractivity contribution >= 4 is 33.6 Å². The monoisotopic (exact) mass is 438 g/mol. The zero-order valence-electron chi connectivity index (χ0n) is 18.1. The average Bonchev–Trinajstić information content (AvgIpc) is 3.56. The highest BCUT2D eigenvalue weighted by atomic mass is 16.5. The predicted molar refractivity (Wildman–Crippen MR) is 126 cm³/mol. The van der Waals surface area contributed by atoms with E-state index in [1.54, 1.807) is 24.5 Å². The molecule has 0 aliphatic carbocycles. The van der Waals surface area contributed by atoms with Crippen molar-refractivity contribution in [3.63, 3.8) is 0 Å². The van der Waals surface area contributed by atoms with Crippen LogP contribution in [0, 0.1) is 0 Å². The molecule has 1 amide bonds. The van der Waals surface area contributed by atoms with E-state index >= 15 is 0 Å². The molecule has 8 nitrogen and oxygen atoms in total. The topological polar surface area (TPSA) is 99.9 Å². The van der Waals surface area contributed by atoms with Gasteiger partial charge in [0.25, 0.3) is 5.91 Å². The Morgan fingerprint density at radius 2 is 2.03 bits per heavy atom. The summed E-state index contributed by atoms with van der Waals surface area (Å²) in [5, 5.41) is 8.00. The van der Waals surface area contributed by atoms with Crippen molar-refractivity contribution in [1.82, 2.24) is 25.0 Å². The average molecular weight is 438 g/mol. The molecule has 3 aromatic heterocycles. The van der Waals surface area contributed by atoms with Crippen LogP contribution in [0.15, 0.2) is 65.4 Å². The number of benzene rings is 2. The number of pyridine rings is 1. The first-order valence-corrected chi connectivity index (χ1v) is 11.0. The lowest BCUT2D eigenvalue weighted by molar-refractivity contribution is 0.102. The first-order valence-electron chi connectivity index (χ1n) is 11.0. The Morgan fingerprint density at radius 1 is 1.15 bits per heavy atom. The number of nitrogens with zero attached hydrogens (tertiary/aromatic N) is 4. The number of H-pyrrole nitrogens is 1. The van der Waals surface area contributed by atoms with E-state index in [0.29, 0.717) is 22.9 Å². The Bertz CT molecular complexity index is 1470. The van der Waals surface area contributed by atoms with Crippen LogP contribution in [0.25, 0.3) is 33.3 Å². The van der Waals surface area contributed by atoms with Crippen LogP contribution in [0.5, 0.6) is 0 Å². The maximum atomic E-state index is 12.9. The molecule has 1 atom stereocenters. The molecular weight excluding hydrogens is 416 g/mol. The number of aromatic amines is 1. The van der Waals surface area contributed by atoms with Crippen molar-refractivity contribution in [2.45, 2.75) is 18.9 Å². The molecule has 1 fully saturated rings. The number of anilines is 1. The van der Waals surface area contributed by atoms with Crippen LogP contribution in [0.2, 0.25) is 0 Å². The smallest absolute Gasteiger partial charge is 0.255 e. The van der Waals surface area contributed by atoms with Gasteiger partial charge in [0.1, 0.15) is 11.5 Å².